The summed E-state index contributed by atoms with van der Waals surface area (Å²) < 4.78 is 3.88. The molecule has 1 nitrogen and oxygen atoms in total. The number of aryl methyl sites for hydroxylation is 1. The van der Waals surface area contributed by atoms with E-state index in [9.17, 15) is 4.79 Å². The van der Waals surface area contributed by atoms with E-state index in [-0.39, 0.29) is 22.8 Å². The summed E-state index contributed by atoms with van der Waals surface area (Å²) in [5, 5.41) is 0.541. The first kappa shape index (κ1) is 22.3. The van der Waals surface area contributed by atoms with Gasteiger partial charge >= 0.3 is 176 Å². The Balaban J connectivity index is 0.00000256. The van der Waals surface area contributed by atoms with Crippen LogP contribution in [-0.2, 0) is 0 Å². The van der Waals surface area contributed by atoms with Crippen LogP contribution in [0.1, 0.15) is 15.9 Å². The Morgan fingerprint density at radius 3 is 1.33 bits per heavy atom. The quantitative estimate of drug-likeness (QED) is 0.278. The molecule has 0 bridgehead atoms. The van der Waals surface area contributed by atoms with Crippen LogP contribution in [0.4, 0.5) is 0 Å². The van der Waals surface area contributed by atoms with E-state index in [1.54, 1.807) is 0 Å². The van der Waals surface area contributed by atoms with E-state index in [1.165, 1.54) is 18.6 Å². The molecule has 0 spiro atoms. The van der Waals surface area contributed by atoms with Gasteiger partial charge in [-0.15, -0.1) is 0 Å². The summed E-state index contributed by atoms with van der Waals surface area (Å²) in [5.41, 5.74) is 1.96. The molecule has 30 heavy (non-hydrogen) atoms. The van der Waals surface area contributed by atoms with Crippen molar-refractivity contribution < 1.29 is 21.8 Å². The molecule has 0 N–H and O–H groups in total. The Labute approximate surface area is 192 Å². The molecule has 0 heterocycles. The molecule has 0 radical (unpaired) electrons. The second-order valence-electron chi connectivity index (χ2n) is 7.26. The van der Waals surface area contributed by atoms with Gasteiger partial charge in [-0.2, -0.15) is 0 Å². The Morgan fingerprint density at radius 2 is 0.967 bits per heavy atom. The first-order chi connectivity index (χ1) is 14.2. The fourth-order valence-electron chi connectivity index (χ4n) is 3.81. The van der Waals surface area contributed by atoms with E-state index in [0.717, 1.165) is 5.56 Å². The van der Waals surface area contributed by atoms with Gasteiger partial charge in [0.1, 0.15) is 0 Å². The van der Waals surface area contributed by atoms with Crippen molar-refractivity contribution in [2.45, 2.75) is 12.1 Å². The number of carbonyl (C=O) groups excluding carboxylic acids is 1. The van der Waals surface area contributed by atoms with Gasteiger partial charge in [-0.3, -0.25) is 0 Å². The average molecular weight is 519 g/mol. The van der Waals surface area contributed by atoms with Crippen LogP contribution in [0.5, 0.6) is 0 Å². The third kappa shape index (κ3) is 4.51. The molecule has 0 fully saturated rings. The Hall–Kier alpha value is -2.41. The number of hydrogen-bond acceptors (Lipinski definition) is 1. The molecule has 0 saturated heterocycles. The predicted octanol–water partition coefficient (Wildman–Crippen LogP) is 1.35. The normalized spacial score (nSPS) is 10.8. The number of benzene rings is 4. The number of rotatable bonds is 6. The molecule has 0 saturated carbocycles. The second-order valence-corrected chi connectivity index (χ2v) is 14.6. The molecule has 150 valence electrons. The molecule has 0 aliphatic heterocycles. The maximum Gasteiger partial charge on any atom is -1.00 e. The Kier molecular flexibility index (Phi) is 7.47. The van der Waals surface area contributed by atoms with Gasteiger partial charge in [0.25, 0.3) is 0 Å². The summed E-state index contributed by atoms with van der Waals surface area (Å²) in [6.07, 6.45) is 0. The van der Waals surface area contributed by atoms with Crippen molar-refractivity contribution in [2.75, 3.05) is 0 Å². The van der Waals surface area contributed by atoms with E-state index >= 15 is 0 Å². The maximum absolute atomic E-state index is 13.5. The van der Waals surface area contributed by atoms with Crippen LogP contribution in [0.15, 0.2) is 115 Å². The minimum Gasteiger partial charge on any atom is -1.00 e. The first-order valence-corrected chi connectivity index (χ1v) is 14.0. The number of hydrogen-bond donors (Lipinski definition) is 0. The van der Waals surface area contributed by atoms with E-state index in [4.69, 9.17) is 0 Å². The number of carbonyl (C=O) groups is 1. The zero-order chi connectivity index (χ0) is 20.1. The molecule has 0 atom stereocenters. The Bertz CT molecular complexity index is 981. The summed E-state index contributed by atoms with van der Waals surface area (Å²) in [6, 6.07) is 39.9. The molecule has 0 aromatic heterocycles. The smallest absolute Gasteiger partial charge is 1.00 e. The summed E-state index contributed by atoms with van der Waals surface area (Å²) >= 11 is -3.00. The van der Waals surface area contributed by atoms with Crippen molar-refractivity contribution >= 4 is 32.4 Å². The molecule has 0 unspecified atom stereocenters. The van der Waals surface area contributed by atoms with Crippen LogP contribution in [0.2, 0.25) is 5.21 Å². The van der Waals surface area contributed by atoms with Crippen LogP contribution in [0.25, 0.3) is 0 Å². The maximum atomic E-state index is 13.5. The number of Topliss-reactive ketones (excluding diaryl/α,β-unsaturated/α-hetero) is 1. The van der Waals surface area contributed by atoms with Gasteiger partial charge in [0.15, 0.2) is 0 Å². The van der Waals surface area contributed by atoms with Crippen molar-refractivity contribution in [3.8, 4) is 0 Å². The van der Waals surface area contributed by atoms with E-state index in [0.29, 0.717) is 5.21 Å². The topological polar surface area (TPSA) is 17.1 Å². The second kappa shape index (κ2) is 10.1. The zero-order valence-corrected chi connectivity index (χ0v) is 20.4. The van der Waals surface area contributed by atoms with Gasteiger partial charge in [0.2, 0.25) is 0 Å². The SMILES string of the molecule is Cc1ccc(C(=O)C[As+](c2ccccc2)(c2ccccc2)c2ccccc2)cc1.[Br-]. The van der Waals surface area contributed by atoms with Crippen molar-refractivity contribution in [3.63, 3.8) is 0 Å². The van der Waals surface area contributed by atoms with E-state index in [1.807, 2.05) is 49.4 Å². The third-order valence-corrected chi connectivity index (χ3v) is 14.4. The molecular weight excluding hydrogens is 495 g/mol. The molecule has 0 amide bonds. The van der Waals surface area contributed by atoms with Gasteiger partial charge in [-0.05, 0) is 0 Å². The fraction of sp³-hybridized carbons (Fsp3) is 0.0741. The van der Waals surface area contributed by atoms with Crippen LogP contribution in [-0.4, -0.2) is 19.3 Å². The Morgan fingerprint density at radius 1 is 0.600 bits per heavy atom. The van der Waals surface area contributed by atoms with Gasteiger partial charge in [0, 0.05) is 0 Å². The van der Waals surface area contributed by atoms with Gasteiger partial charge in [0.05, 0.1) is 0 Å². The van der Waals surface area contributed by atoms with E-state index in [2.05, 4.69) is 72.8 Å². The number of ketones is 1. The molecule has 4 aromatic carbocycles. The minimum absolute atomic E-state index is 0. The van der Waals surface area contributed by atoms with Gasteiger partial charge < -0.3 is 17.0 Å². The molecular formula is C27H24AsBrO. The largest absolute Gasteiger partial charge is 1.00 e. The summed E-state index contributed by atoms with van der Waals surface area (Å²) in [7, 11) is 0. The average Bonchev–Trinajstić information content (AvgIpc) is 2.79. The predicted molar refractivity (Wildman–Crippen MR) is 124 cm³/mol. The number of halogens is 1. The summed E-state index contributed by atoms with van der Waals surface area (Å²) in [5.74, 6) is 0.217. The van der Waals surface area contributed by atoms with Crippen molar-refractivity contribution in [1.82, 2.24) is 0 Å². The molecule has 4 aromatic rings. The van der Waals surface area contributed by atoms with Crippen molar-refractivity contribution in [1.29, 1.82) is 0 Å². The summed E-state index contributed by atoms with van der Waals surface area (Å²) in [4.78, 5) is 13.5. The zero-order valence-electron chi connectivity index (χ0n) is 16.9. The summed E-state index contributed by atoms with van der Waals surface area (Å²) in [6.45, 7) is 2.05. The molecule has 0 aliphatic carbocycles. The van der Waals surface area contributed by atoms with Crippen LogP contribution in [0, 0.1) is 6.92 Å². The van der Waals surface area contributed by atoms with Crippen LogP contribution in [0.3, 0.4) is 0 Å². The minimum atomic E-state index is -3.00. The standard InChI is InChI=1S/C27H24AsO.BrH/c1-22-17-19-23(20-18-22)27(29)21-28(24-11-5-2-6-12-24,25-13-7-3-8-14-25)26-15-9-4-10-16-26;/h2-20H,21H2,1H3;1H/q+1;/p-1. The molecule has 0 aliphatic rings. The van der Waals surface area contributed by atoms with E-state index < -0.39 is 13.6 Å². The third-order valence-electron chi connectivity index (χ3n) is 5.35. The first-order valence-electron chi connectivity index (χ1n) is 9.85. The van der Waals surface area contributed by atoms with Crippen molar-refractivity contribution in [3.05, 3.63) is 126 Å². The monoisotopic (exact) mass is 518 g/mol. The van der Waals surface area contributed by atoms with Crippen LogP contribution < -0.4 is 30.0 Å². The van der Waals surface area contributed by atoms with Crippen molar-refractivity contribution in [2.24, 2.45) is 0 Å². The van der Waals surface area contributed by atoms with Gasteiger partial charge in [-0.25, -0.2) is 0 Å². The molecule has 4 rings (SSSR count). The van der Waals surface area contributed by atoms with Gasteiger partial charge in [-0.1, -0.05) is 0 Å². The fourth-order valence-corrected chi connectivity index (χ4v) is 12.4. The van der Waals surface area contributed by atoms with Crippen LogP contribution >= 0.6 is 0 Å². The molecule has 3 heteroatoms.